The molecule has 0 spiro atoms. The molecule has 440 valence electrons. The first-order chi connectivity index (χ1) is 37.2. The van der Waals surface area contributed by atoms with E-state index in [0.717, 1.165) is 74.5 Å². The summed E-state index contributed by atoms with van der Waals surface area (Å²) < 4.78 is 72.7. The zero-order valence-corrected chi connectivity index (χ0v) is 50.9. The van der Waals surface area contributed by atoms with Crippen molar-refractivity contribution >= 4 is 28.0 Å². The van der Waals surface area contributed by atoms with Crippen LogP contribution >= 0.6 is 7.82 Å². The average molecular weight is 1130 g/mol. The smallest absolute Gasteiger partial charge is 0.461 e. The van der Waals surface area contributed by atoms with Crippen LogP contribution in [-0.4, -0.2) is 93.7 Å². The fourth-order valence-electron chi connectivity index (χ4n) is 10.0. The second-order valence-electron chi connectivity index (χ2n) is 23.8. The molecule has 2 N–H and O–H groups in total. The molecule has 0 radical (unpaired) electrons. The molecule has 3 heterocycles. The van der Waals surface area contributed by atoms with Gasteiger partial charge in [0.05, 0.1) is 63.6 Å². The zero-order chi connectivity index (χ0) is 56.9. The van der Waals surface area contributed by atoms with Crippen molar-refractivity contribution in [3.8, 4) is 0 Å². The molecule has 2 aromatic carbocycles. The number of rotatable bonds is 32. The number of benzene rings is 2. The third-order valence-corrected chi connectivity index (χ3v) is 22.3. The molecule has 3 aliphatic heterocycles. The lowest BCUT2D eigenvalue weighted by molar-refractivity contribution is -0.282. The maximum absolute atomic E-state index is 14.8. The first-order valence-electron chi connectivity index (χ1n) is 29.3. The highest BCUT2D eigenvalue weighted by Crippen LogP contribution is 2.55. The Morgan fingerprint density at radius 1 is 0.821 bits per heavy atom. The summed E-state index contributed by atoms with van der Waals surface area (Å²) in [7, 11) is -6.83. The summed E-state index contributed by atoms with van der Waals surface area (Å²) in [5.74, 6) is -2.45. The molecule has 78 heavy (non-hydrogen) atoms. The van der Waals surface area contributed by atoms with Gasteiger partial charge in [0.2, 0.25) is 5.91 Å². The third kappa shape index (κ3) is 20.0. The molecule has 0 aromatic heterocycles. The summed E-state index contributed by atoms with van der Waals surface area (Å²) in [4.78, 5) is 31.7. The van der Waals surface area contributed by atoms with Crippen LogP contribution < -0.4 is 5.32 Å². The van der Waals surface area contributed by atoms with Gasteiger partial charge in [-0.25, -0.2) is 4.57 Å². The Morgan fingerprint density at radius 3 is 2.00 bits per heavy atom. The Hall–Kier alpha value is -3.22. The van der Waals surface area contributed by atoms with Gasteiger partial charge in [-0.1, -0.05) is 199 Å². The van der Waals surface area contributed by atoms with Crippen molar-refractivity contribution in [1.82, 2.24) is 5.32 Å². The summed E-state index contributed by atoms with van der Waals surface area (Å²) in [6.45, 7) is 22.4. The van der Waals surface area contributed by atoms with Gasteiger partial charge in [-0.05, 0) is 59.1 Å². The van der Waals surface area contributed by atoms with Crippen molar-refractivity contribution in [2.45, 2.75) is 252 Å². The zero-order valence-electron chi connectivity index (χ0n) is 49.0. The number of nitrogens with zero attached hydrogens (tertiary/aromatic N) is 3. The van der Waals surface area contributed by atoms with Crippen LogP contribution in [0.3, 0.4) is 0 Å². The van der Waals surface area contributed by atoms with E-state index in [4.69, 9.17) is 41.7 Å². The summed E-state index contributed by atoms with van der Waals surface area (Å²) in [6.07, 6.45) is 7.84. The fraction of sp³-hybridized carbons (Fsp3) is 0.763. The second-order valence-corrected chi connectivity index (χ2v) is 30.2. The highest BCUT2D eigenvalue weighted by atomic mass is 31.2. The molecule has 0 saturated carbocycles. The minimum Gasteiger partial charge on any atom is -0.461 e. The van der Waals surface area contributed by atoms with E-state index < -0.39 is 89.1 Å². The minimum absolute atomic E-state index is 0.0167. The topological polar surface area (TPSA) is 215 Å². The number of fused-ring (bicyclic) bond motifs is 1. The summed E-state index contributed by atoms with van der Waals surface area (Å²) in [5, 5.41) is 18.7. The molecule has 13 atom stereocenters. The molecule has 19 heteroatoms. The molecule has 5 rings (SSSR count). The quantitative estimate of drug-likeness (QED) is 0.0133. The number of esters is 1. The van der Waals surface area contributed by atoms with Crippen LogP contribution in [0, 0.1) is 23.7 Å². The van der Waals surface area contributed by atoms with Gasteiger partial charge in [0.25, 0.3) is 0 Å². The predicted molar refractivity (Wildman–Crippen MR) is 304 cm³/mol. The van der Waals surface area contributed by atoms with Crippen LogP contribution in [0.25, 0.3) is 10.4 Å². The number of phosphoric acid groups is 1. The lowest BCUT2D eigenvalue weighted by atomic mass is 9.88. The Bertz CT molecular complexity index is 2170. The van der Waals surface area contributed by atoms with Crippen molar-refractivity contribution in [2.75, 3.05) is 13.2 Å². The van der Waals surface area contributed by atoms with Crippen molar-refractivity contribution in [1.29, 1.82) is 0 Å². The molecule has 2 fully saturated rings. The van der Waals surface area contributed by atoms with Crippen molar-refractivity contribution < 1.29 is 60.9 Å². The first-order valence-corrected chi connectivity index (χ1v) is 33.7. The number of carbonyl (C=O) groups is 2. The van der Waals surface area contributed by atoms with Gasteiger partial charge in [-0.15, -0.1) is 0 Å². The number of unbranched alkanes of at least 4 members (excludes halogenated alkanes) is 10. The summed E-state index contributed by atoms with van der Waals surface area (Å²) >= 11 is 0. The molecule has 2 saturated heterocycles. The molecule has 0 bridgehead atoms. The van der Waals surface area contributed by atoms with Crippen molar-refractivity contribution in [2.24, 2.45) is 28.8 Å². The molecular weight excluding hydrogens is 1030 g/mol. The lowest BCUT2D eigenvalue weighted by Gasteiger charge is -2.48. The number of ether oxygens (including phenoxy) is 5. The SMILES string of the molecule is CCCCCCCCCC(C)[C@H](CC(=O)NC1[C@H](OCC2OC(O[Si](C)(C)C(C)(C)C)C(N=[N+]=[N-])[C@@H](O)[C@@H]2C)OC(COCc2ccccc2)[C@@H](OP2(=O)OCc3ccccc3CO2)[C@@H]1C)OC(=O)C(C)CCCCCCC. The number of hydrogen-bond donors (Lipinski definition) is 2. The van der Waals surface area contributed by atoms with Crippen molar-refractivity contribution in [3.05, 3.63) is 81.7 Å². The van der Waals surface area contributed by atoms with Gasteiger partial charge < -0.3 is 38.5 Å². The third-order valence-electron chi connectivity index (χ3n) is 16.5. The number of carbonyl (C=O) groups excluding carboxylic acids is 2. The number of aliphatic hydroxyl groups is 1. The van der Waals surface area contributed by atoms with E-state index in [1.807, 2.05) is 68.4 Å². The highest BCUT2D eigenvalue weighted by Gasteiger charge is 2.52. The molecule has 3 aliphatic rings. The minimum atomic E-state index is -4.29. The van der Waals surface area contributed by atoms with Crippen LogP contribution in [-0.2, 0) is 75.7 Å². The van der Waals surface area contributed by atoms with E-state index in [1.165, 1.54) is 25.7 Å². The second kappa shape index (κ2) is 32.4. The number of amides is 1. The van der Waals surface area contributed by atoms with Crippen LogP contribution in [0.5, 0.6) is 0 Å². The molecule has 2 aromatic rings. The fourth-order valence-corrected chi connectivity index (χ4v) is 12.6. The highest BCUT2D eigenvalue weighted by molar-refractivity contribution is 7.48. The van der Waals surface area contributed by atoms with Crippen LogP contribution in [0.15, 0.2) is 59.7 Å². The van der Waals surface area contributed by atoms with E-state index in [9.17, 15) is 24.8 Å². The van der Waals surface area contributed by atoms with E-state index in [2.05, 4.69) is 70.0 Å². The normalized spacial score (nSPS) is 26.6. The van der Waals surface area contributed by atoms with Gasteiger partial charge in [0.15, 0.2) is 20.9 Å². The van der Waals surface area contributed by atoms with Gasteiger partial charge in [0.1, 0.15) is 24.4 Å². The number of nitrogens with one attached hydrogen (secondary N) is 1. The van der Waals surface area contributed by atoms with Crippen LogP contribution in [0.4, 0.5) is 0 Å². The number of azide groups is 1. The first kappa shape index (κ1) is 65.6. The predicted octanol–water partition coefficient (Wildman–Crippen LogP) is 13.8. The molecule has 17 nitrogen and oxygen atoms in total. The largest absolute Gasteiger partial charge is 0.475 e. The lowest BCUT2D eigenvalue weighted by Crippen LogP contribution is -2.63. The summed E-state index contributed by atoms with van der Waals surface area (Å²) in [5.41, 5.74) is 12.2. The monoisotopic (exact) mass is 1130 g/mol. The van der Waals surface area contributed by atoms with Gasteiger partial charge >= 0.3 is 13.8 Å². The van der Waals surface area contributed by atoms with Gasteiger partial charge in [-0.2, -0.15) is 0 Å². The Balaban J connectivity index is 1.45. The summed E-state index contributed by atoms with van der Waals surface area (Å²) in [6, 6.07) is 15.2. The molecular formula is C59H97N4O13PSi. The Labute approximate surface area is 467 Å². The number of aliphatic hydroxyl groups excluding tert-OH is 1. The standard InChI is InChI=1S/C59H97N4O13PSi/c1-12-14-16-18-19-21-23-29-41(3)48(72-56(66)42(4)30-24-20-17-15-13-2)35-51(64)61-52-44(6)55(75-77(67)70-37-46-33-27-28-34-47(46)38-71-77)50(39-68-36-45-31-25-22-26-32-45)74-57(52)69-40-49-43(5)54(65)53(62-63-60)58(73-49)76-78(10,11)59(7,8)9/h22,25-28,31-34,41-44,48-50,52-55,57-58,65H,12-21,23-24,29-30,35-40H2,1-11H3,(H,61,64)/t41?,42?,43-,44-,48+,49?,50?,52?,53?,54+,55+,57-,58?/m1/s1. The average Bonchev–Trinajstić information content (AvgIpc) is 3.59. The van der Waals surface area contributed by atoms with Crippen LogP contribution in [0.2, 0.25) is 18.1 Å². The van der Waals surface area contributed by atoms with E-state index in [1.54, 1.807) is 6.92 Å². The Morgan fingerprint density at radius 2 is 1.40 bits per heavy atom. The molecule has 0 aliphatic carbocycles. The number of hydrogen-bond acceptors (Lipinski definition) is 14. The molecule has 7 unspecified atom stereocenters. The van der Waals surface area contributed by atoms with Crippen molar-refractivity contribution in [3.63, 3.8) is 0 Å². The van der Waals surface area contributed by atoms with Gasteiger partial charge in [0, 0.05) is 16.7 Å². The van der Waals surface area contributed by atoms with E-state index >= 15 is 0 Å². The van der Waals surface area contributed by atoms with E-state index in [0.29, 0.717) is 6.42 Å². The maximum atomic E-state index is 14.8. The van der Waals surface area contributed by atoms with Gasteiger partial charge in [-0.3, -0.25) is 23.2 Å². The molecule has 1 amide bonds. The van der Waals surface area contributed by atoms with Crippen LogP contribution in [0.1, 0.15) is 175 Å². The van der Waals surface area contributed by atoms with E-state index in [-0.39, 0.29) is 62.3 Å². The number of phosphoric ester groups is 1. The Kier molecular flexibility index (Phi) is 27.3. The maximum Gasteiger partial charge on any atom is 0.475 e.